The Hall–Kier alpha value is -12.2. The average Bonchev–Trinajstić information content (AvgIpc) is 1.70. The van der Waals surface area contributed by atoms with E-state index in [0.29, 0.717) is 123 Å². The lowest BCUT2D eigenvalue weighted by Gasteiger charge is -2.32. The molecule has 35 nitrogen and oxygen atoms in total. The summed E-state index contributed by atoms with van der Waals surface area (Å²) in [5, 5.41) is 36.1. The highest BCUT2D eigenvalue weighted by Gasteiger charge is 2.47. The van der Waals surface area contributed by atoms with Crippen molar-refractivity contribution in [2.24, 2.45) is 5.92 Å². The topological polar surface area (TPSA) is 414 Å². The smallest absolute Gasteiger partial charge is 0.328 e. The maximum Gasteiger partial charge on any atom is 0.328 e. The van der Waals surface area contributed by atoms with Crippen LogP contribution in [0.4, 0.5) is 49.3 Å². The molecule has 12 rings (SSSR count). The average molecular weight is 1490 g/mol. The van der Waals surface area contributed by atoms with Crippen molar-refractivity contribution in [1.82, 2.24) is 59.3 Å². The molecule has 3 saturated carbocycles. The summed E-state index contributed by atoms with van der Waals surface area (Å²) >= 11 is 0. The van der Waals surface area contributed by atoms with Gasteiger partial charge in [-0.2, -0.15) is 15.8 Å². The Morgan fingerprint density at radius 3 is 1.17 bits per heavy atom. The van der Waals surface area contributed by atoms with Gasteiger partial charge in [0.25, 0.3) is 0 Å². The molecule has 0 unspecified atom stereocenters. The van der Waals surface area contributed by atoms with E-state index in [9.17, 15) is 58.9 Å². The first-order valence-electron chi connectivity index (χ1n) is 35.0. The minimum Gasteiger partial charge on any atom is -0.492 e. The third-order valence-corrected chi connectivity index (χ3v) is 19.0. The molecule has 35 heteroatoms. The highest BCUT2D eigenvalue weighted by atomic mass is 16.5. The molecule has 0 aromatic carbocycles. The largest absolute Gasteiger partial charge is 0.492 e. The van der Waals surface area contributed by atoms with Gasteiger partial charge in [0.05, 0.1) is 51.4 Å². The summed E-state index contributed by atoms with van der Waals surface area (Å²) in [4.78, 5) is 151. The number of hydrogen-bond donors (Lipinski definition) is 3. The van der Waals surface area contributed by atoms with Gasteiger partial charge < -0.3 is 38.4 Å². The monoisotopic (exact) mass is 1490 g/mol. The van der Waals surface area contributed by atoms with Gasteiger partial charge in [-0.3, -0.25) is 74.1 Å². The lowest BCUT2D eigenvalue weighted by atomic mass is 10.1. The number of aldehydes is 3. The van der Waals surface area contributed by atoms with Crippen molar-refractivity contribution >= 4 is 89.6 Å². The van der Waals surface area contributed by atoms with Gasteiger partial charge in [0.2, 0.25) is 17.7 Å². The van der Waals surface area contributed by atoms with E-state index in [1.807, 2.05) is 54.1 Å². The lowest BCUT2D eigenvalue weighted by Crippen LogP contribution is -2.48. The van der Waals surface area contributed by atoms with E-state index < -0.39 is 23.7 Å². The predicted molar refractivity (Wildman–Crippen MR) is 394 cm³/mol. The standard InChI is InChI=1S/2C25H29N7O5.C24H27N7O4/c1-30-8-9-32(23(34)14-30)13-17-4-5-22(28-19(17)15-33)31(2)24(35)29-21-10-20(18(11-26)12-27-21)37-16-25(36-3)6-7-25;1-30-8-9-32(23(34)14-30)13-17-4-5-22(28-19(17)15-33)31(2)24(35)29-21-10-20(18(11-26)12-27-21)37-25(6-7-25)16-36-3;1-29-7-8-31(23(33)13-29)12-17-5-6-22(27-19(17)14-32)30(2)24(34)28-21-9-20(18(10-25)11-26-21)35-15-16-3-4-16/h2*4-5,10,12,15H,6-9,13-14,16H2,1-3H3,(H,27,29,35);5-6,9,11,14,16H,3-4,7-8,12-13,15H2,1-2H3,(H,26,28,34). The maximum absolute atomic E-state index is 12.9. The molecule has 3 aliphatic carbocycles. The number of carbonyl (C=O) groups is 9. The van der Waals surface area contributed by atoms with Crippen molar-refractivity contribution in [2.75, 3.05) is 166 Å². The Balaban J connectivity index is 0.000000174. The molecule has 9 amide bonds. The normalized spacial score (nSPS) is 16.4. The Bertz CT molecular complexity index is 4550. The number of likely N-dealkylation sites (N-methyl/N-ethyl adjacent to an activating group) is 3. The number of urea groups is 3. The first kappa shape index (κ1) is 79.4. The summed E-state index contributed by atoms with van der Waals surface area (Å²) in [6.45, 7) is 6.98. The van der Waals surface area contributed by atoms with E-state index >= 15 is 0 Å². The number of methoxy groups -OCH3 is 2. The van der Waals surface area contributed by atoms with Gasteiger partial charge in [-0.1, -0.05) is 18.2 Å². The van der Waals surface area contributed by atoms with Crippen LogP contribution in [0.15, 0.2) is 73.2 Å². The molecular weight excluding hydrogens is 1410 g/mol. The molecule has 6 aromatic heterocycles. The van der Waals surface area contributed by atoms with Crippen molar-refractivity contribution in [1.29, 1.82) is 15.8 Å². The summed E-state index contributed by atoms with van der Waals surface area (Å²) < 4.78 is 28.2. The number of hydrogen-bond acceptors (Lipinski definition) is 26. The van der Waals surface area contributed by atoms with Crippen LogP contribution in [0.5, 0.6) is 17.2 Å². The fourth-order valence-corrected chi connectivity index (χ4v) is 11.5. The summed E-state index contributed by atoms with van der Waals surface area (Å²) in [6.07, 6.45) is 11.5. The highest BCUT2D eigenvalue weighted by molar-refractivity contribution is 6.02. The number of rotatable bonds is 26. The Kier molecular flexibility index (Phi) is 26.2. The van der Waals surface area contributed by atoms with E-state index in [4.69, 9.17) is 23.7 Å². The number of aromatic nitrogens is 6. The lowest BCUT2D eigenvalue weighted by molar-refractivity contribution is -0.136. The van der Waals surface area contributed by atoms with E-state index in [1.54, 1.807) is 65.3 Å². The van der Waals surface area contributed by atoms with Gasteiger partial charge in [0.15, 0.2) is 18.9 Å². The molecule has 6 aliphatic rings. The van der Waals surface area contributed by atoms with Gasteiger partial charge >= 0.3 is 18.1 Å². The third kappa shape index (κ3) is 20.9. The summed E-state index contributed by atoms with van der Waals surface area (Å²) in [7, 11) is 13.4. The van der Waals surface area contributed by atoms with E-state index in [0.717, 1.165) is 58.2 Å². The van der Waals surface area contributed by atoms with Crippen LogP contribution in [-0.4, -0.2) is 260 Å². The molecule has 570 valence electrons. The quantitative estimate of drug-likeness (QED) is 0.0586. The van der Waals surface area contributed by atoms with Crippen molar-refractivity contribution in [3.05, 3.63) is 124 Å². The second-order valence-corrected chi connectivity index (χ2v) is 27.3. The van der Waals surface area contributed by atoms with Crippen LogP contribution >= 0.6 is 0 Å². The molecular formula is C74H85N21O14. The number of pyridine rings is 6. The van der Waals surface area contributed by atoms with Crippen molar-refractivity contribution in [3.63, 3.8) is 0 Å². The van der Waals surface area contributed by atoms with Crippen LogP contribution in [0.25, 0.3) is 0 Å². The minimum absolute atomic E-state index is 0.00781. The number of nitrogens with one attached hydrogen (secondary N) is 3. The second-order valence-electron chi connectivity index (χ2n) is 27.3. The molecule has 109 heavy (non-hydrogen) atoms. The molecule has 3 saturated heterocycles. The minimum atomic E-state index is -0.551. The van der Waals surface area contributed by atoms with Crippen molar-refractivity contribution in [2.45, 2.75) is 69.4 Å². The maximum atomic E-state index is 12.9. The summed E-state index contributed by atoms with van der Waals surface area (Å²) in [5.41, 5.74) is 2.29. The number of anilines is 6. The Morgan fingerprint density at radius 1 is 0.514 bits per heavy atom. The molecule has 0 atom stereocenters. The Morgan fingerprint density at radius 2 is 0.862 bits per heavy atom. The highest BCUT2D eigenvalue weighted by Crippen LogP contribution is 2.42. The number of nitriles is 3. The summed E-state index contributed by atoms with van der Waals surface area (Å²) in [5.74, 6) is 2.81. The number of nitrogens with zero attached hydrogens (tertiary/aromatic N) is 18. The van der Waals surface area contributed by atoms with Crippen molar-refractivity contribution in [3.8, 4) is 35.5 Å². The summed E-state index contributed by atoms with van der Waals surface area (Å²) in [6, 6.07) is 18.9. The van der Waals surface area contributed by atoms with Crippen LogP contribution in [-0.2, 0) is 43.5 Å². The van der Waals surface area contributed by atoms with Crippen molar-refractivity contribution < 1.29 is 66.8 Å². The molecule has 0 bridgehead atoms. The van der Waals surface area contributed by atoms with Crippen LogP contribution in [0.1, 0.15) is 103 Å². The molecule has 3 aliphatic heterocycles. The number of ether oxygens (including phenoxy) is 5. The van der Waals surface area contributed by atoms with E-state index in [2.05, 4.69) is 45.9 Å². The van der Waals surface area contributed by atoms with Gasteiger partial charge in [-0.05, 0) is 83.8 Å². The van der Waals surface area contributed by atoms with Crippen LogP contribution in [0, 0.1) is 39.9 Å². The first-order valence-corrected chi connectivity index (χ1v) is 35.0. The van der Waals surface area contributed by atoms with Gasteiger partial charge in [0, 0.05) is 129 Å². The predicted octanol–water partition coefficient (Wildman–Crippen LogP) is 5.21. The number of amides is 9. The van der Waals surface area contributed by atoms with Gasteiger partial charge in [-0.25, -0.2) is 44.3 Å². The first-order chi connectivity index (χ1) is 52.4. The fraction of sp³-hybridized carbons (Fsp3) is 0.432. The van der Waals surface area contributed by atoms with E-state index in [-0.39, 0.29) is 106 Å². The molecule has 9 heterocycles. The fourth-order valence-electron chi connectivity index (χ4n) is 11.5. The SMILES string of the molecule is CN1CCN(Cc2ccc(N(C)C(=O)Nc3cc(OCC4CC4)c(C#N)cn3)nc2C=O)C(=O)C1.COC1(COc2cc(NC(=O)N(C)c3ccc(CN4CCN(C)CC4=O)c(C=O)n3)ncc2C#N)CC1.COCC1(Oc2cc(NC(=O)N(C)c3ccc(CN4CCN(C)CC4=O)c(C=O)n3)ncc2C#N)CC1. The zero-order chi connectivity index (χ0) is 78.1. The zero-order valence-electron chi connectivity index (χ0n) is 61.9. The molecule has 0 radical (unpaired) electrons. The van der Waals surface area contributed by atoms with Gasteiger partial charge in [0.1, 0.15) is 122 Å². The van der Waals surface area contributed by atoms with Gasteiger partial charge in [-0.15, -0.1) is 0 Å². The van der Waals surface area contributed by atoms with Crippen LogP contribution in [0.2, 0.25) is 0 Å². The zero-order valence-corrected chi connectivity index (χ0v) is 61.9. The molecule has 0 spiro atoms. The van der Waals surface area contributed by atoms with E-state index in [1.165, 1.54) is 72.6 Å². The Labute approximate surface area is 629 Å². The molecule has 6 fully saturated rings. The number of piperazine rings is 3. The number of carbonyl (C=O) groups excluding carboxylic acids is 9. The van der Waals surface area contributed by atoms with Crippen LogP contribution in [0.3, 0.4) is 0 Å². The van der Waals surface area contributed by atoms with Crippen LogP contribution < -0.4 is 44.9 Å². The second kappa shape index (κ2) is 35.9. The molecule has 3 N–H and O–H groups in total. The molecule has 6 aromatic rings. The third-order valence-electron chi connectivity index (χ3n) is 19.0.